The summed E-state index contributed by atoms with van der Waals surface area (Å²) in [6.07, 6.45) is 2.84. The molecule has 1 aromatic heterocycles. The standard InChI is InChI=1S/C19H21NO/c1-3-12-20-19(18-9-6-13-21-18)17-11-10-14(2)15-7-4-5-8-16(15)17/h4-11,13,19-20H,3,12H2,1-2H3. The fraction of sp³-hybridized carbons (Fsp3) is 0.263. The Kier molecular flexibility index (Phi) is 4.07. The van der Waals surface area contributed by atoms with Crippen molar-refractivity contribution < 1.29 is 4.42 Å². The summed E-state index contributed by atoms with van der Waals surface area (Å²) in [6, 6.07) is 17.1. The number of aryl methyl sites for hydroxylation is 1. The molecule has 2 nitrogen and oxygen atoms in total. The van der Waals surface area contributed by atoms with Gasteiger partial charge in [0, 0.05) is 0 Å². The Hall–Kier alpha value is -2.06. The van der Waals surface area contributed by atoms with Gasteiger partial charge in [0.2, 0.25) is 0 Å². The summed E-state index contributed by atoms with van der Waals surface area (Å²) in [7, 11) is 0. The van der Waals surface area contributed by atoms with Crippen LogP contribution in [0.5, 0.6) is 0 Å². The number of furan rings is 1. The van der Waals surface area contributed by atoms with Gasteiger partial charge in [-0.25, -0.2) is 0 Å². The predicted octanol–water partition coefficient (Wildman–Crippen LogP) is 4.83. The number of benzene rings is 2. The minimum Gasteiger partial charge on any atom is -0.467 e. The van der Waals surface area contributed by atoms with Gasteiger partial charge < -0.3 is 9.73 Å². The van der Waals surface area contributed by atoms with E-state index in [1.165, 1.54) is 21.9 Å². The van der Waals surface area contributed by atoms with Crippen LogP contribution in [0, 0.1) is 6.92 Å². The molecular formula is C19H21NO. The first-order valence-corrected chi connectivity index (χ1v) is 7.56. The maximum atomic E-state index is 5.66. The van der Waals surface area contributed by atoms with E-state index in [0.29, 0.717) is 0 Å². The van der Waals surface area contributed by atoms with Crippen LogP contribution in [0.25, 0.3) is 10.8 Å². The van der Waals surface area contributed by atoms with Crippen LogP contribution < -0.4 is 5.32 Å². The lowest BCUT2D eigenvalue weighted by atomic mass is 9.94. The summed E-state index contributed by atoms with van der Waals surface area (Å²) in [4.78, 5) is 0. The molecule has 0 aliphatic carbocycles. The van der Waals surface area contributed by atoms with Crippen molar-refractivity contribution in [3.8, 4) is 0 Å². The normalized spacial score (nSPS) is 12.7. The predicted molar refractivity (Wildman–Crippen MR) is 87.5 cm³/mol. The Morgan fingerprint density at radius 2 is 1.81 bits per heavy atom. The van der Waals surface area contributed by atoms with Gasteiger partial charge in [-0.15, -0.1) is 0 Å². The first kappa shape index (κ1) is 13.9. The lowest BCUT2D eigenvalue weighted by Crippen LogP contribution is -2.23. The van der Waals surface area contributed by atoms with Crippen molar-refractivity contribution in [1.29, 1.82) is 0 Å². The zero-order valence-electron chi connectivity index (χ0n) is 12.6. The van der Waals surface area contributed by atoms with E-state index in [1.54, 1.807) is 6.26 Å². The van der Waals surface area contributed by atoms with Crippen molar-refractivity contribution >= 4 is 10.8 Å². The van der Waals surface area contributed by atoms with Crippen LogP contribution in [0.2, 0.25) is 0 Å². The number of hydrogen-bond donors (Lipinski definition) is 1. The topological polar surface area (TPSA) is 25.2 Å². The number of hydrogen-bond acceptors (Lipinski definition) is 2. The second-order valence-electron chi connectivity index (χ2n) is 5.42. The van der Waals surface area contributed by atoms with Crippen molar-refractivity contribution in [2.75, 3.05) is 6.54 Å². The number of rotatable bonds is 5. The zero-order valence-corrected chi connectivity index (χ0v) is 12.6. The Morgan fingerprint density at radius 1 is 1.00 bits per heavy atom. The molecule has 21 heavy (non-hydrogen) atoms. The van der Waals surface area contributed by atoms with Crippen molar-refractivity contribution in [2.24, 2.45) is 0 Å². The van der Waals surface area contributed by atoms with Crippen molar-refractivity contribution in [3.63, 3.8) is 0 Å². The highest BCUT2D eigenvalue weighted by atomic mass is 16.3. The molecule has 0 radical (unpaired) electrons. The van der Waals surface area contributed by atoms with Gasteiger partial charge in [-0.05, 0) is 53.9 Å². The molecule has 108 valence electrons. The smallest absolute Gasteiger partial charge is 0.125 e. The molecule has 0 aliphatic heterocycles. The monoisotopic (exact) mass is 279 g/mol. The molecule has 0 spiro atoms. The molecule has 1 heterocycles. The first-order valence-electron chi connectivity index (χ1n) is 7.56. The van der Waals surface area contributed by atoms with Gasteiger partial charge in [0.25, 0.3) is 0 Å². The molecule has 1 atom stereocenters. The summed E-state index contributed by atoms with van der Waals surface area (Å²) in [6.45, 7) is 5.31. The van der Waals surface area contributed by atoms with E-state index in [-0.39, 0.29) is 6.04 Å². The van der Waals surface area contributed by atoms with Crippen molar-refractivity contribution in [2.45, 2.75) is 26.3 Å². The largest absolute Gasteiger partial charge is 0.467 e. The van der Waals surface area contributed by atoms with Gasteiger partial charge in [-0.1, -0.05) is 43.3 Å². The van der Waals surface area contributed by atoms with Crippen LogP contribution in [0.15, 0.2) is 59.2 Å². The molecule has 0 fully saturated rings. The summed E-state index contributed by atoms with van der Waals surface area (Å²) in [5, 5.41) is 6.21. The Labute approximate surface area is 125 Å². The highest BCUT2D eigenvalue weighted by Crippen LogP contribution is 2.31. The van der Waals surface area contributed by atoms with Gasteiger partial charge in [-0.3, -0.25) is 0 Å². The third-order valence-electron chi connectivity index (χ3n) is 3.91. The fourth-order valence-corrected chi connectivity index (χ4v) is 2.83. The summed E-state index contributed by atoms with van der Waals surface area (Å²) >= 11 is 0. The molecule has 1 unspecified atom stereocenters. The summed E-state index contributed by atoms with van der Waals surface area (Å²) in [5.41, 5.74) is 2.59. The maximum Gasteiger partial charge on any atom is 0.125 e. The Balaban J connectivity index is 2.13. The summed E-state index contributed by atoms with van der Waals surface area (Å²) in [5.74, 6) is 0.970. The average Bonchev–Trinajstić information content (AvgIpc) is 3.04. The lowest BCUT2D eigenvalue weighted by Gasteiger charge is -2.19. The zero-order chi connectivity index (χ0) is 14.7. The minimum absolute atomic E-state index is 0.102. The number of fused-ring (bicyclic) bond motifs is 1. The molecule has 0 saturated heterocycles. The van der Waals surface area contributed by atoms with Crippen LogP contribution >= 0.6 is 0 Å². The van der Waals surface area contributed by atoms with E-state index < -0.39 is 0 Å². The van der Waals surface area contributed by atoms with Gasteiger partial charge in [0.15, 0.2) is 0 Å². The molecule has 3 aromatic rings. The average molecular weight is 279 g/mol. The molecule has 0 bridgehead atoms. The van der Waals surface area contributed by atoms with Crippen molar-refractivity contribution in [1.82, 2.24) is 5.32 Å². The van der Waals surface area contributed by atoms with Crippen molar-refractivity contribution in [3.05, 3.63) is 71.7 Å². The lowest BCUT2D eigenvalue weighted by molar-refractivity contribution is 0.448. The highest BCUT2D eigenvalue weighted by molar-refractivity contribution is 5.89. The minimum atomic E-state index is 0.102. The molecule has 0 saturated carbocycles. The van der Waals surface area contributed by atoms with E-state index in [0.717, 1.165) is 18.7 Å². The number of nitrogens with one attached hydrogen (secondary N) is 1. The Bertz CT molecular complexity index is 716. The van der Waals surface area contributed by atoms with Gasteiger partial charge in [-0.2, -0.15) is 0 Å². The van der Waals surface area contributed by atoms with Gasteiger partial charge in [0.05, 0.1) is 12.3 Å². The molecular weight excluding hydrogens is 258 g/mol. The van der Waals surface area contributed by atoms with Crippen LogP contribution in [0.4, 0.5) is 0 Å². The van der Waals surface area contributed by atoms with Crippen LogP contribution in [-0.2, 0) is 0 Å². The van der Waals surface area contributed by atoms with Crippen LogP contribution in [0.3, 0.4) is 0 Å². The summed E-state index contributed by atoms with van der Waals surface area (Å²) < 4.78 is 5.66. The third-order valence-corrected chi connectivity index (χ3v) is 3.91. The highest BCUT2D eigenvalue weighted by Gasteiger charge is 2.18. The molecule has 0 aliphatic rings. The first-order chi connectivity index (χ1) is 10.3. The quantitative estimate of drug-likeness (QED) is 0.723. The van der Waals surface area contributed by atoms with Gasteiger partial charge in [0.1, 0.15) is 5.76 Å². The third kappa shape index (κ3) is 2.72. The SMILES string of the molecule is CCCNC(c1ccco1)c1ccc(C)c2ccccc12. The van der Waals surface area contributed by atoms with Crippen LogP contribution in [0.1, 0.15) is 36.3 Å². The molecule has 3 rings (SSSR count). The molecule has 2 aromatic carbocycles. The van der Waals surface area contributed by atoms with E-state index in [9.17, 15) is 0 Å². The van der Waals surface area contributed by atoms with E-state index >= 15 is 0 Å². The fourth-order valence-electron chi connectivity index (χ4n) is 2.83. The Morgan fingerprint density at radius 3 is 2.52 bits per heavy atom. The van der Waals surface area contributed by atoms with E-state index in [1.807, 2.05) is 12.1 Å². The van der Waals surface area contributed by atoms with E-state index in [2.05, 4.69) is 55.6 Å². The molecule has 1 N–H and O–H groups in total. The second kappa shape index (κ2) is 6.15. The van der Waals surface area contributed by atoms with E-state index in [4.69, 9.17) is 4.42 Å². The van der Waals surface area contributed by atoms with Gasteiger partial charge >= 0.3 is 0 Å². The molecule has 0 amide bonds. The molecule has 2 heteroatoms. The van der Waals surface area contributed by atoms with Crippen LogP contribution in [-0.4, -0.2) is 6.54 Å². The second-order valence-corrected chi connectivity index (χ2v) is 5.42. The maximum absolute atomic E-state index is 5.66.